The third-order valence-electron chi connectivity index (χ3n) is 4.80. The zero-order valence-corrected chi connectivity index (χ0v) is 14.8. The van der Waals surface area contributed by atoms with Crippen LogP contribution in [0.2, 0.25) is 0 Å². The summed E-state index contributed by atoms with van der Waals surface area (Å²) in [6.45, 7) is 1.81. The van der Waals surface area contributed by atoms with Crippen molar-refractivity contribution in [2.24, 2.45) is 7.05 Å². The number of oxazole rings is 1. The summed E-state index contributed by atoms with van der Waals surface area (Å²) in [5, 5.41) is 0. The molecule has 2 aromatic heterocycles. The molecule has 8 heteroatoms. The minimum atomic E-state index is -0.461. The van der Waals surface area contributed by atoms with E-state index >= 15 is 0 Å². The second kappa shape index (κ2) is 6.71. The van der Waals surface area contributed by atoms with Gasteiger partial charge < -0.3 is 14.2 Å². The van der Waals surface area contributed by atoms with Crippen LogP contribution in [0.25, 0.3) is 11.1 Å². The first-order valence-corrected chi connectivity index (χ1v) is 8.63. The first-order chi connectivity index (χ1) is 13.0. The summed E-state index contributed by atoms with van der Waals surface area (Å²) in [6, 6.07) is 8.44. The third-order valence-corrected chi connectivity index (χ3v) is 4.80. The lowest BCUT2D eigenvalue weighted by Gasteiger charge is -2.34. The number of carbonyl (C=O) groups excluding carboxylic acids is 2. The number of benzene rings is 1. The highest BCUT2D eigenvalue weighted by Gasteiger charge is 2.26. The Kier molecular flexibility index (Phi) is 4.23. The topological polar surface area (TPSA) is 88.7 Å². The molecule has 1 aromatic carbocycles. The van der Waals surface area contributed by atoms with Gasteiger partial charge in [0.15, 0.2) is 5.58 Å². The molecule has 2 amide bonds. The minimum absolute atomic E-state index is 0.0809. The molecule has 0 bridgehead atoms. The van der Waals surface area contributed by atoms with Gasteiger partial charge in [-0.05, 0) is 30.3 Å². The van der Waals surface area contributed by atoms with E-state index < -0.39 is 5.76 Å². The average molecular weight is 366 g/mol. The highest BCUT2D eigenvalue weighted by molar-refractivity contribution is 5.97. The Morgan fingerprint density at radius 2 is 1.67 bits per heavy atom. The van der Waals surface area contributed by atoms with Crippen molar-refractivity contribution >= 4 is 22.9 Å². The molecule has 3 aromatic rings. The van der Waals surface area contributed by atoms with Crippen LogP contribution in [0.3, 0.4) is 0 Å². The number of aryl methyl sites for hydroxylation is 1. The van der Waals surface area contributed by atoms with E-state index in [1.54, 1.807) is 59.6 Å². The summed E-state index contributed by atoms with van der Waals surface area (Å²) in [5.74, 6) is -0.684. The van der Waals surface area contributed by atoms with E-state index in [2.05, 4.69) is 4.98 Å². The molecule has 3 heterocycles. The van der Waals surface area contributed by atoms with Crippen molar-refractivity contribution in [3.8, 4) is 0 Å². The SMILES string of the molecule is Cn1c(=O)oc2cc(C(=O)N3CCN(C(=O)c4cccnc4)CC3)ccc21. The van der Waals surface area contributed by atoms with Crippen molar-refractivity contribution < 1.29 is 14.0 Å². The van der Waals surface area contributed by atoms with Gasteiger partial charge >= 0.3 is 5.76 Å². The van der Waals surface area contributed by atoms with Gasteiger partial charge in [-0.3, -0.25) is 19.1 Å². The molecule has 1 aliphatic heterocycles. The quantitative estimate of drug-likeness (QED) is 0.678. The van der Waals surface area contributed by atoms with Crippen molar-refractivity contribution in [2.75, 3.05) is 26.2 Å². The molecule has 0 N–H and O–H groups in total. The molecule has 0 saturated carbocycles. The highest BCUT2D eigenvalue weighted by atomic mass is 16.4. The van der Waals surface area contributed by atoms with Crippen LogP contribution < -0.4 is 5.76 Å². The molecular weight excluding hydrogens is 348 g/mol. The molecule has 4 rings (SSSR count). The van der Waals surface area contributed by atoms with Crippen LogP contribution in [0.1, 0.15) is 20.7 Å². The number of nitrogens with zero attached hydrogens (tertiary/aromatic N) is 4. The number of rotatable bonds is 2. The molecule has 1 aliphatic rings. The third kappa shape index (κ3) is 3.10. The normalized spacial score (nSPS) is 14.6. The molecule has 0 atom stereocenters. The number of fused-ring (bicyclic) bond motifs is 1. The van der Waals surface area contributed by atoms with Crippen LogP contribution in [0, 0.1) is 0 Å². The van der Waals surface area contributed by atoms with E-state index in [9.17, 15) is 14.4 Å². The van der Waals surface area contributed by atoms with Crippen LogP contribution >= 0.6 is 0 Å². The fraction of sp³-hybridized carbons (Fsp3) is 0.263. The van der Waals surface area contributed by atoms with Gasteiger partial charge in [0.05, 0.1) is 11.1 Å². The second-order valence-corrected chi connectivity index (χ2v) is 6.44. The fourth-order valence-electron chi connectivity index (χ4n) is 3.23. The Hall–Kier alpha value is -3.42. The Bertz CT molecular complexity index is 1060. The van der Waals surface area contributed by atoms with E-state index in [0.29, 0.717) is 48.4 Å². The summed E-state index contributed by atoms with van der Waals surface area (Å²) < 4.78 is 6.55. The Morgan fingerprint density at radius 3 is 2.30 bits per heavy atom. The van der Waals surface area contributed by atoms with Gasteiger partial charge in [0.1, 0.15) is 0 Å². The zero-order chi connectivity index (χ0) is 19.0. The van der Waals surface area contributed by atoms with Gasteiger partial charge in [0, 0.05) is 51.2 Å². The van der Waals surface area contributed by atoms with Gasteiger partial charge in [-0.25, -0.2) is 4.79 Å². The number of piperazine rings is 1. The predicted molar refractivity (Wildman–Crippen MR) is 97.5 cm³/mol. The second-order valence-electron chi connectivity index (χ2n) is 6.44. The largest absolute Gasteiger partial charge is 0.419 e. The molecule has 0 radical (unpaired) electrons. The van der Waals surface area contributed by atoms with Crippen molar-refractivity contribution in [1.82, 2.24) is 19.4 Å². The lowest BCUT2D eigenvalue weighted by atomic mass is 10.1. The van der Waals surface area contributed by atoms with Gasteiger partial charge in [0.2, 0.25) is 0 Å². The lowest BCUT2D eigenvalue weighted by Crippen LogP contribution is -2.50. The van der Waals surface area contributed by atoms with Crippen molar-refractivity contribution in [1.29, 1.82) is 0 Å². The van der Waals surface area contributed by atoms with Crippen LogP contribution in [-0.2, 0) is 7.05 Å². The molecule has 0 aliphatic carbocycles. The van der Waals surface area contributed by atoms with Crippen molar-refractivity contribution in [3.63, 3.8) is 0 Å². The molecule has 0 unspecified atom stereocenters. The molecule has 1 fully saturated rings. The van der Waals surface area contributed by atoms with E-state index in [1.165, 1.54) is 4.57 Å². The summed E-state index contributed by atoms with van der Waals surface area (Å²) in [5.41, 5.74) is 2.04. The number of carbonyl (C=O) groups is 2. The van der Waals surface area contributed by atoms with Crippen molar-refractivity contribution in [2.45, 2.75) is 0 Å². The standard InChI is InChI=1S/C19H18N4O4/c1-21-15-5-4-13(11-16(15)27-19(21)26)17(24)22-7-9-23(10-8-22)18(25)14-3-2-6-20-12-14/h2-6,11-12H,7-10H2,1H3. The Labute approximate surface area is 154 Å². The van der Waals surface area contributed by atoms with Crippen LogP contribution in [0.15, 0.2) is 51.9 Å². The predicted octanol–water partition coefficient (Wildman–Crippen LogP) is 1.12. The van der Waals surface area contributed by atoms with Crippen LogP contribution in [0.5, 0.6) is 0 Å². The monoisotopic (exact) mass is 366 g/mol. The number of pyridine rings is 1. The molecule has 27 heavy (non-hydrogen) atoms. The van der Waals surface area contributed by atoms with Crippen LogP contribution in [-0.4, -0.2) is 57.3 Å². The fourth-order valence-corrected chi connectivity index (χ4v) is 3.23. The van der Waals surface area contributed by atoms with Gasteiger partial charge in [0.25, 0.3) is 11.8 Å². The Balaban J connectivity index is 1.46. The number of aromatic nitrogens is 2. The molecule has 8 nitrogen and oxygen atoms in total. The van der Waals surface area contributed by atoms with Crippen LogP contribution in [0.4, 0.5) is 0 Å². The van der Waals surface area contributed by atoms with E-state index in [-0.39, 0.29) is 11.8 Å². The number of hydrogen-bond acceptors (Lipinski definition) is 5. The minimum Gasteiger partial charge on any atom is -0.408 e. The highest BCUT2D eigenvalue weighted by Crippen LogP contribution is 2.17. The maximum absolute atomic E-state index is 12.8. The molecular formula is C19H18N4O4. The summed E-state index contributed by atoms with van der Waals surface area (Å²) >= 11 is 0. The summed E-state index contributed by atoms with van der Waals surface area (Å²) in [4.78, 5) is 44.2. The molecule has 0 spiro atoms. The van der Waals surface area contributed by atoms with E-state index in [1.807, 2.05) is 0 Å². The first-order valence-electron chi connectivity index (χ1n) is 8.63. The lowest BCUT2D eigenvalue weighted by molar-refractivity contribution is 0.0535. The number of amides is 2. The molecule has 138 valence electrons. The van der Waals surface area contributed by atoms with E-state index in [4.69, 9.17) is 4.42 Å². The maximum Gasteiger partial charge on any atom is 0.419 e. The van der Waals surface area contributed by atoms with E-state index in [0.717, 1.165) is 0 Å². The smallest absolute Gasteiger partial charge is 0.408 e. The number of hydrogen-bond donors (Lipinski definition) is 0. The van der Waals surface area contributed by atoms with Gasteiger partial charge in [-0.2, -0.15) is 0 Å². The zero-order valence-electron chi connectivity index (χ0n) is 14.8. The molecule has 1 saturated heterocycles. The van der Waals surface area contributed by atoms with Gasteiger partial charge in [-0.1, -0.05) is 0 Å². The first kappa shape index (κ1) is 17.0. The summed E-state index contributed by atoms with van der Waals surface area (Å²) in [7, 11) is 1.62. The summed E-state index contributed by atoms with van der Waals surface area (Å²) in [6.07, 6.45) is 3.17. The van der Waals surface area contributed by atoms with Gasteiger partial charge in [-0.15, -0.1) is 0 Å². The average Bonchev–Trinajstić information content (AvgIpc) is 3.01. The maximum atomic E-state index is 12.8. The Morgan fingerprint density at radius 1 is 1.00 bits per heavy atom. The van der Waals surface area contributed by atoms with Crippen molar-refractivity contribution in [3.05, 3.63) is 64.4 Å².